The Kier molecular flexibility index (Phi) is 7.31. The molecule has 1 N–H and O–H groups in total. The summed E-state index contributed by atoms with van der Waals surface area (Å²) in [5.41, 5.74) is 0. The van der Waals surface area contributed by atoms with Crippen LogP contribution in [0.4, 0.5) is 0 Å². The van der Waals surface area contributed by atoms with E-state index in [0.717, 1.165) is 38.5 Å². The summed E-state index contributed by atoms with van der Waals surface area (Å²) in [5.74, 6) is 0.635. The zero-order chi connectivity index (χ0) is 16.7. The molecule has 5 atom stereocenters. The van der Waals surface area contributed by atoms with Gasteiger partial charge in [-0.3, -0.25) is 4.79 Å². The second kappa shape index (κ2) is 9.24. The summed E-state index contributed by atoms with van der Waals surface area (Å²) in [4.78, 5) is 11.0. The van der Waals surface area contributed by atoms with Gasteiger partial charge in [0, 0.05) is 12.3 Å². The number of hydrogen-bond donors (Lipinski definition) is 1. The van der Waals surface area contributed by atoms with Gasteiger partial charge in [-0.2, -0.15) is 0 Å². The lowest BCUT2D eigenvalue weighted by atomic mass is 9.90. The Balaban J connectivity index is 1.75. The van der Waals surface area contributed by atoms with E-state index in [2.05, 4.69) is 36.0 Å². The lowest BCUT2D eigenvalue weighted by Crippen LogP contribution is -2.30. The van der Waals surface area contributed by atoms with Crippen LogP contribution in [0.15, 0.2) is 24.3 Å². The minimum Gasteiger partial charge on any atom is -0.469 e. The Morgan fingerprint density at radius 3 is 2.87 bits per heavy atom. The maximum atomic E-state index is 11.0. The van der Waals surface area contributed by atoms with E-state index in [4.69, 9.17) is 4.74 Å². The number of aliphatic hydroxyl groups is 1. The molecule has 23 heavy (non-hydrogen) atoms. The van der Waals surface area contributed by atoms with Gasteiger partial charge in [-0.1, -0.05) is 31.2 Å². The molecule has 1 heterocycles. The number of ether oxygens (including phenoxy) is 2. The lowest BCUT2D eigenvalue weighted by Gasteiger charge is -2.24. The Morgan fingerprint density at radius 1 is 1.30 bits per heavy atom. The van der Waals surface area contributed by atoms with Gasteiger partial charge in [0.15, 0.2) is 0 Å². The fourth-order valence-electron chi connectivity index (χ4n) is 3.72. The van der Waals surface area contributed by atoms with Crippen LogP contribution in [0.1, 0.15) is 51.9 Å². The molecule has 2 bridgehead atoms. The molecule has 5 unspecified atom stereocenters. The van der Waals surface area contributed by atoms with Crippen molar-refractivity contribution in [3.05, 3.63) is 24.3 Å². The third kappa shape index (κ3) is 4.92. The van der Waals surface area contributed by atoms with Crippen molar-refractivity contribution >= 4 is 5.97 Å². The highest BCUT2D eigenvalue weighted by molar-refractivity contribution is 5.68. The van der Waals surface area contributed by atoms with Crippen molar-refractivity contribution in [2.75, 3.05) is 7.11 Å². The number of carbonyl (C=O) groups excluding carboxylic acids is 1. The highest BCUT2D eigenvalue weighted by Crippen LogP contribution is 2.47. The van der Waals surface area contributed by atoms with Gasteiger partial charge >= 0.3 is 5.97 Å². The molecular weight excluding hydrogens is 292 g/mol. The Bertz CT molecular complexity index is 429. The Hall–Kier alpha value is -1.13. The number of esters is 1. The van der Waals surface area contributed by atoms with Crippen LogP contribution in [0, 0.1) is 11.8 Å². The Labute approximate surface area is 139 Å². The maximum Gasteiger partial charge on any atom is 0.305 e. The summed E-state index contributed by atoms with van der Waals surface area (Å²) in [6.45, 7) is 2.13. The van der Waals surface area contributed by atoms with Crippen LogP contribution in [-0.4, -0.2) is 36.5 Å². The van der Waals surface area contributed by atoms with Gasteiger partial charge in [0.05, 0.1) is 25.4 Å². The van der Waals surface area contributed by atoms with Crippen molar-refractivity contribution in [3.63, 3.8) is 0 Å². The molecule has 4 nitrogen and oxygen atoms in total. The first-order valence-electron chi connectivity index (χ1n) is 8.89. The van der Waals surface area contributed by atoms with E-state index in [-0.39, 0.29) is 24.3 Å². The third-order valence-electron chi connectivity index (χ3n) is 4.93. The molecule has 0 aromatic carbocycles. The molecule has 4 heteroatoms. The number of allylic oxidation sites excluding steroid dienone is 2. The van der Waals surface area contributed by atoms with Crippen LogP contribution in [0.3, 0.4) is 0 Å². The molecule has 130 valence electrons. The van der Waals surface area contributed by atoms with Gasteiger partial charge in [-0.25, -0.2) is 0 Å². The van der Waals surface area contributed by atoms with Crippen molar-refractivity contribution < 1.29 is 19.4 Å². The average molecular weight is 322 g/mol. The standard InChI is InChI=1S/C19H30O4/c1-3-4-7-11-17-15-13-16(20)19(23-17)14(15)10-8-5-6-9-12-18(21)22-2/h4,7-8,10,14-17,19-20H,3,5-6,9,11-13H2,1-2H3/b7-4-,10-8-. The van der Waals surface area contributed by atoms with Crippen molar-refractivity contribution in [1.29, 1.82) is 0 Å². The number of unbranched alkanes of at least 4 members (excludes halogenated alkanes) is 2. The summed E-state index contributed by atoms with van der Waals surface area (Å²) < 4.78 is 10.7. The molecule has 0 aromatic heterocycles. The fourth-order valence-corrected chi connectivity index (χ4v) is 3.72. The van der Waals surface area contributed by atoms with E-state index in [9.17, 15) is 9.90 Å². The van der Waals surface area contributed by atoms with Gasteiger partial charge in [0.25, 0.3) is 0 Å². The van der Waals surface area contributed by atoms with Crippen LogP contribution in [-0.2, 0) is 14.3 Å². The van der Waals surface area contributed by atoms with Gasteiger partial charge in [0.2, 0.25) is 0 Å². The molecule has 1 aliphatic carbocycles. The van der Waals surface area contributed by atoms with Crippen molar-refractivity contribution in [2.45, 2.75) is 70.2 Å². The quantitative estimate of drug-likeness (QED) is 0.401. The SMILES string of the molecule is CC/C=C\CC1OC2C(O)CC1C2/C=C\CCCCC(=O)OC. The summed E-state index contributed by atoms with van der Waals surface area (Å²) in [7, 11) is 1.43. The van der Waals surface area contributed by atoms with E-state index in [1.807, 2.05) is 0 Å². The highest BCUT2D eigenvalue weighted by Gasteiger charge is 2.52. The predicted octanol–water partition coefficient (Wildman–Crippen LogP) is 3.40. The van der Waals surface area contributed by atoms with Crippen molar-refractivity contribution in [1.82, 2.24) is 0 Å². The summed E-state index contributed by atoms with van der Waals surface area (Å²) in [5, 5.41) is 10.1. The Morgan fingerprint density at radius 2 is 2.13 bits per heavy atom. The molecule has 1 saturated heterocycles. The molecule has 0 radical (unpaired) electrons. The van der Waals surface area contributed by atoms with E-state index in [1.165, 1.54) is 7.11 Å². The average Bonchev–Trinajstić information content (AvgIpc) is 3.03. The minimum absolute atomic E-state index is 0.0358. The van der Waals surface area contributed by atoms with Crippen LogP contribution < -0.4 is 0 Å². The van der Waals surface area contributed by atoms with Crippen LogP contribution in [0.25, 0.3) is 0 Å². The monoisotopic (exact) mass is 322 g/mol. The first-order valence-corrected chi connectivity index (χ1v) is 8.89. The highest BCUT2D eigenvalue weighted by atomic mass is 16.5. The molecule has 0 spiro atoms. The minimum atomic E-state index is -0.319. The molecular formula is C19H30O4. The second-order valence-corrected chi connectivity index (χ2v) is 6.55. The predicted molar refractivity (Wildman–Crippen MR) is 89.9 cm³/mol. The van der Waals surface area contributed by atoms with E-state index < -0.39 is 0 Å². The fraction of sp³-hybridized carbons (Fsp3) is 0.737. The van der Waals surface area contributed by atoms with Gasteiger partial charge in [-0.05, 0) is 44.4 Å². The van der Waals surface area contributed by atoms with Gasteiger partial charge in [0.1, 0.15) is 0 Å². The zero-order valence-electron chi connectivity index (χ0n) is 14.3. The summed E-state index contributed by atoms with van der Waals surface area (Å²) in [6.07, 6.45) is 14.8. The topological polar surface area (TPSA) is 55.8 Å². The first kappa shape index (κ1) is 18.2. The number of hydrogen-bond acceptors (Lipinski definition) is 4. The third-order valence-corrected chi connectivity index (χ3v) is 4.93. The largest absolute Gasteiger partial charge is 0.469 e. The van der Waals surface area contributed by atoms with Gasteiger partial charge in [-0.15, -0.1) is 0 Å². The van der Waals surface area contributed by atoms with Crippen LogP contribution in [0.5, 0.6) is 0 Å². The molecule has 0 aromatic rings. The number of carbonyl (C=O) groups is 1. The first-order chi connectivity index (χ1) is 11.2. The molecule has 2 fully saturated rings. The van der Waals surface area contributed by atoms with E-state index in [0.29, 0.717) is 18.3 Å². The number of fused-ring (bicyclic) bond motifs is 2. The smallest absolute Gasteiger partial charge is 0.305 e. The molecule has 1 aliphatic heterocycles. The second-order valence-electron chi connectivity index (χ2n) is 6.55. The van der Waals surface area contributed by atoms with Crippen molar-refractivity contribution in [3.8, 4) is 0 Å². The number of methoxy groups -OCH3 is 1. The number of aliphatic hydroxyl groups excluding tert-OH is 1. The van der Waals surface area contributed by atoms with E-state index in [1.54, 1.807) is 0 Å². The normalized spacial score (nSPS) is 33.1. The molecule has 1 saturated carbocycles. The van der Waals surface area contributed by atoms with Crippen molar-refractivity contribution in [2.24, 2.45) is 11.8 Å². The zero-order valence-corrected chi connectivity index (χ0v) is 14.3. The molecule has 0 amide bonds. The molecule has 2 aliphatic rings. The van der Waals surface area contributed by atoms with E-state index >= 15 is 0 Å². The summed E-state index contributed by atoms with van der Waals surface area (Å²) in [6, 6.07) is 0. The molecule has 2 rings (SSSR count). The number of rotatable bonds is 9. The maximum absolute atomic E-state index is 11.0. The lowest BCUT2D eigenvalue weighted by molar-refractivity contribution is -0.140. The van der Waals surface area contributed by atoms with Gasteiger partial charge < -0.3 is 14.6 Å². The van der Waals surface area contributed by atoms with Crippen LogP contribution in [0.2, 0.25) is 0 Å². The summed E-state index contributed by atoms with van der Waals surface area (Å²) >= 11 is 0. The van der Waals surface area contributed by atoms with Crippen LogP contribution >= 0.6 is 0 Å².